The Morgan fingerprint density at radius 3 is 2.04 bits per heavy atom. The standard InChI is InChI=1S/C41H27N3O/c1-2-10-27(11-3-1)39-42-40(44-41(43-39)35-14-8-16-37-38(35)34-13-6-7-15-36(34)45-37)33-22-21-31-24-30(19-20-32(31)25-33)29-18-17-26-9-4-5-12-28(26)23-29/h1-25,40H,(H,42,43,44). The van der Waals surface area contributed by atoms with Gasteiger partial charge in [0.15, 0.2) is 5.84 Å². The molecule has 4 nitrogen and oxygen atoms in total. The second-order valence-electron chi connectivity index (χ2n) is 11.5. The zero-order chi connectivity index (χ0) is 29.7. The number of aliphatic imine (C=N–C) groups is 2. The van der Waals surface area contributed by atoms with Crippen molar-refractivity contribution in [1.29, 1.82) is 0 Å². The minimum absolute atomic E-state index is 0.314. The van der Waals surface area contributed by atoms with Gasteiger partial charge in [0.05, 0.1) is 0 Å². The van der Waals surface area contributed by atoms with Crippen LogP contribution >= 0.6 is 0 Å². The Hall–Kier alpha value is -6.00. The molecular formula is C41H27N3O. The minimum atomic E-state index is -0.314. The van der Waals surface area contributed by atoms with Crippen LogP contribution < -0.4 is 5.32 Å². The number of nitrogens with zero attached hydrogens (tertiary/aromatic N) is 2. The molecule has 0 amide bonds. The first-order valence-corrected chi connectivity index (χ1v) is 15.2. The van der Waals surface area contributed by atoms with Crippen LogP contribution in [-0.2, 0) is 0 Å². The van der Waals surface area contributed by atoms with Crippen LogP contribution in [0.25, 0.3) is 54.6 Å². The smallest absolute Gasteiger partial charge is 0.159 e. The maximum Gasteiger partial charge on any atom is 0.159 e. The highest BCUT2D eigenvalue weighted by molar-refractivity contribution is 6.21. The summed E-state index contributed by atoms with van der Waals surface area (Å²) in [7, 11) is 0. The molecule has 1 aliphatic heterocycles. The molecule has 1 aliphatic rings. The number of benzene rings is 7. The van der Waals surface area contributed by atoms with Crippen LogP contribution in [-0.4, -0.2) is 11.7 Å². The van der Waals surface area contributed by atoms with Crippen molar-refractivity contribution in [3.05, 3.63) is 168 Å². The van der Waals surface area contributed by atoms with Crippen LogP contribution in [0.4, 0.5) is 0 Å². The van der Waals surface area contributed by atoms with E-state index in [0.29, 0.717) is 5.84 Å². The molecule has 0 fully saturated rings. The van der Waals surface area contributed by atoms with E-state index >= 15 is 0 Å². The van der Waals surface area contributed by atoms with Crippen LogP contribution in [0.15, 0.2) is 166 Å². The van der Waals surface area contributed by atoms with Gasteiger partial charge in [-0.25, -0.2) is 9.98 Å². The summed E-state index contributed by atoms with van der Waals surface area (Å²) in [6.45, 7) is 0. The van der Waals surface area contributed by atoms with Gasteiger partial charge in [0.1, 0.15) is 23.2 Å². The zero-order valence-electron chi connectivity index (χ0n) is 24.3. The fourth-order valence-corrected chi connectivity index (χ4v) is 6.43. The normalized spacial score (nSPS) is 14.9. The van der Waals surface area contributed by atoms with E-state index in [1.54, 1.807) is 0 Å². The highest BCUT2D eigenvalue weighted by atomic mass is 16.3. The Morgan fingerprint density at radius 2 is 1.18 bits per heavy atom. The lowest BCUT2D eigenvalue weighted by atomic mass is 9.97. The molecule has 0 aliphatic carbocycles. The fraction of sp³-hybridized carbons (Fsp3) is 0.0244. The molecule has 1 unspecified atom stereocenters. The second-order valence-corrected chi connectivity index (χ2v) is 11.5. The summed E-state index contributed by atoms with van der Waals surface area (Å²) in [6.07, 6.45) is -0.314. The highest BCUT2D eigenvalue weighted by Gasteiger charge is 2.24. The van der Waals surface area contributed by atoms with Crippen molar-refractivity contribution in [2.24, 2.45) is 9.98 Å². The van der Waals surface area contributed by atoms with Gasteiger partial charge in [0.2, 0.25) is 0 Å². The van der Waals surface area contributed by atoms with Gasteiger partial charge in [-0.3, -0.25) is 0 Å². The van der Waals surface area contributed by atoms with Crippen LogP contribution in [0.1, 0.15) is 22.9 Å². The van der Waals surface area contributed by atoms with E-state index in [9.17, 15) is 0 Å². The molecule has 45 heavy (non-hydrogen) atoms. The molecule has 0 saturated heterocycles. The molecule has 4 heteroatoms. The number of hydrogen-bond acceptors (Lipinski definition) is 4. The van der Waals surface area contributed by atoms with Crippen molar-refractivity contribution in [3.63, 3.8) is 0 Å². The molecule has 0 bridgehead atoms. The largest absolute Gasteiger partial charge is 0.456 e. The third-order valence-electron chi connectivity index (χ3n) is 8.70. The average molecular weight is 578 g/mol. The van der Waals surface area contributed by atoms with Gasteiger partial charge in [-0.1, -0.05) is 121 Å². The van der Waals surface area contributed by atoms with Gasteiger partial charge in [-0.05, 0) is 68.6 Å². The summed E-state index contributed by atoms with van der Waals surface area (Å²) in [6, 6.07) is 52.9. The van der Waals surface area contributed by atoms with E-state index < -0.39 is 0 Å². The van der Waals surface area contributed by atoms with Crippen molar-refractivity contribution in [1.82, 2.24) is 5.32 Å². The number of furan rings is 1. The lowest BCUT2D eigenvalue weighted by Crippen LogP contribution is -2.33. The predicted octanol–water partition coefficient (Wildman–Crippen LogP) is 10.1. The molecule has 8 aromatic rings. The van der Waals surface area contributed by atoms with Gasteiger partial charge in [0, 0.05) is 21.9 Å². The van der Waals surface area contributed by atoms with E-state index in [4.69, 9.17) is 14.4 Å². The molecule has 212 valence electrons. The first-order chi connectivity index (χ1) is 22.3. The maximum absolute atomic E-state index is 6.20. The number of hydrogen-bond donors (Lipinski definition) is 1. The Balaban J connectivity index is 1.13. The summed E-state index contributed by atoms with van der Waals surface area (Å²) in [5.41, 5.74) is 7.17. The first-order valence-electron chi connectivity index (χ1n) is 15.2. The predicted molar refractivity (Wildman–Crippen MR) is 186 cm³/mol. The van der Waals surface area contributed by atoms with Gasteiger partial charge in [-0.15, -0.1) is 0 Å². The summed E-state index contributed by atoms with van der Waals surface area (Å²) in [4.78, 5) is 10.2. The van der Waals surface area contributed by atoms with Gasteiger partial charge in [0.25, 0.3) is 0 Å². The van der Waals surface area contributed by atoms with Crippen molar-refractivity contribution in [2.75, 3.05) is 0 Å². The number of nitrogens with one attached hydrogen (secondary N) is 1. The molecule has 1 N–H and O–H groups in total. The monoisotopic (exact) mass is 577 g/mol. The van der Waals surface area contributed by atoms with E-state index in [1.807, 2.05) is 48.5 Å². The summed E-state index contributed by atoms with van der Waals surface area (Å²) in [5.74, 6) is 1.48. The van der Waals surface area contributed by atoms with Crippen molar-refractivity contribution in [2.45, 2.75) is 6.17 Å². The number of rotatable bonds is 4. The number of para-hydroxylation sites is 1. The Kier molecular flexibility index (Phi) is 5.85. The van der Waals surface area contributed by atoms with Crippen molar-refractivity contribution < 1.29 is 4.42 Å². The van der Waals surface area contributed by atoms with Crippen LogP contribution in [0.3, 0.4) is 0 Å². The highest BCUT2D eigenvalue weighted by Crippen LogP contribution is 2.34. The Bertz CT molecular complexity index is 2470. The van der Waals surface area contributed by atoms with Crippen LogP contribution in [0.2, 0.25) is 0 Å². The lowest BCUT2D eigenvalue weighted by Gasteiger charge is -2.24. The van der Waals surface area contributed by atoms with Gasteiger partial charge >= 0.3 is 0 Å². The number of amidine groups is 2. The molecule has 1 aromatic heterocycles. The maximum atomic E-state index is 6.20. The lowest BCUT2D eigenvalue weighted by molar-refractivity contribution is 0.668. The SMILES string of the molecule is c1ccc(C2=NC(c3ccc4cc(-c5ccc6ccccc6c5)ccc4c3)NC(c3cccc4oc5ccccc5c34)=N2)cc1. The third kappa shape index (κ3) is 4.47. The minimum Gasteiger partial charge on any atom is -0.456 e. The van der Waals surface area contributed by atoms with E-state index in [1.165, 1.54) is 32.7 Å². The van der Waals surface area contributed by atoms with Crippen molar-refractivity contribution >= 4 is 55.2 Å². The van der Waals surface area contributed by atoms with Gasteiger partial charge < -0.3 is 9.73 Å². The molecule has 2 heterocycles. The quantitative estimate of drug-likeness (QED) is 0.226. The summed E-state index contributed by atoms with van der Waals surface area (Å²) in [5, 5.41) is 10.6. The molecule has 0 spiro atoms. The average Bonchev–Trinajstić information content (AvgIpc) is 3.50. The fourth-order valence-electron chi connectivity index (χ4n) is 6.43. The van der Waals surface area contributed by atoms with E-state index in [2.05, 4.69) is 108 Å². The molecule has 7 aromatic carbocycles. The molecular weight excluding hydrogens is 550 g/mol. The Morgan fingerprint density at radius 1 is 0.511 bits per heavy atom. The molecule has 0 radical (unpaired) electrons. The number of fused-ring (bicyclic) bond motifs is 5. The molecule has 0 saturated carbocycles. The summed E-state index contributed by atoms with van der Waals surface area (Å²) >= 11 is 0. The molecule has 1 atom stereocenters. The third-order valence-corrected chi connectivity index (χ3v) is 8.70. The first kappa shape index (κ1) is 25.5. The topological polar surface area (TPSA) is 49.9 Å². The molecule has 9 rings (SSSR count). The van der Waals surface area contributed by atoms with Gasteiger partial charge in [-0.2, -0.15) is 0 Å². The van der Waals surface area contributed by atoms with Crippen molar-refractivity contribution in [3.8, 4) is 11.1 Å². The van der Waals surface area contributed by atoms with Crippen LogP contribution in [0.5, 0.6) is 0 Å². The van der Waals surface area contributed by atoms with E-state index in [0.717, 1.165) is 44.5 Å². The summed E-state index contributed by atoms with van der Waals surface area (Å²) < 4.78 is 6.20. The zero-order valence-corrected chi connectivity index (χ0v) is 24.3. The van der Waals surface area contributed by atoms with Crippen LogP contribution in [0, 0.1) is 0 Å². The van der Waals surface area contributed by atoms with E-state index in [-0.39, 0.29) is 6.17 Å². The Labute approximate surface area is 260 Å². The second kappa shape index (κ2) is 10.3.